The zero-order valence-electron chi connectivity index (χ0n) is 26.5. The van der Waals surface area contributed by atoms with E-state index in [1.54, 1.807) is 0 Å². The van der Waals surface area contributed by atoms with Gasteiger partial charge in [0.2, 0.25) is 0 Å². The van der Waals surface area contributed by atoms with Crippen molar-refractivity contribution in [1.29, 1.82) is 0 Å². The molecule has 0 N–H and O–H groups in total. The average molecular weight is 628 g/mol. The van der Waals surface area contributed by atoms with Crippen LogP contribution in [0.2, 0.25) is 0 Å². The first-order valence-electron chi connectivity index (χ1n) is 16.6. The predicted molar refractivity (Wildman–Crippen MR) is 204 cm³/mol. The molecule has 2 heterocycles. The Morgan fingerprint density at radius 2 is 1.02 bits per heavy atom. The van der Waals surface area contributed by atoms with Gasteiger partial charge in [-0.1, -0.05) is 127 Å². The molecule has 3 nitrogen and oxygen atoms in total. The normalized spacial score (nSPS) is 11.7. The van der Waals surface area contributed by atoms with Crippen LogP contribution in [0, 0.1) is 0 Å². The Morgan fingerprint density at radius 1 is 0.367 bits per heavy atom. The Hall–Kier alpha value is -6.58. The van der Waals surface area contributed by atoms with Crippen molar-refractivity contribution < 1.29 is 8.83 Å². The number of fused-ring (bicyclic) bond motifs is 7. The van der Waals surface area contributed by atoms with Crippen LogP contribution >= 0.6 is 0 Å². The largest absolute Gasteiger partial charge is 0.455 e. The van der Waals surface area contributed by atoms with Gasteiger partial charge in [-0.15, -0.1) is 0 Å². The maximum atomic E-state index is 6.70. The number of hydrogen-bond donors (Lipinski definition) is 0. The van der Waals surface area contributed by atoms with Gasteiger partial charge in [0.15, 0.2) is 5.58 Å². The van der Waals surface area contributed by atoms with E-state index in [4.69, 9.17) is 8.83 Å². The number of furan rings is 2. The highest BCUT2D eigenvalue weighted by atomic mass is 16.3. The van der Waals surface area contributed by atoms with Crippen LogP contribution in [0.15, 0.2) is 185 Å². The second-order valence-electron chi connectivity index (χ2n) is 12.5. The summed E-state index contributed by atoms with van der Waals surface area (Å²) in [6.45, 7) is 0. The van der Waals surface area contributed by atoms with E-state index in [-0.39, 0.29) is 0 Å². The lowest BCUT2D eigenvalue weighted by molar-refractivity contribution is 0.668. The van der Waals surface area contributed by atoms with Gasteiger partial charge >= 0.3 is 0 Å². The minimum atomic E-state index is 0.843. The summed E-state index contributed by atoms with van der Waals surface area (Å²) in [6.07, 6.45) is 0. The number of anilines is 3. The van der Waals surface area contributed by atoms with Gasteiger partial charge in [-0.2, -0.15) is 0 Å². The van der Waals surface area contributed by atoms with Crippen LogP contribution in [0.3, 0.4) is 0 Å². The Labute approximate surface area is 282 Å². The summed E-state index contributed by atoms with van der Waals surface area (Å²) in [7, 11) is 0. The molecule has 0 fully saturated rings. The second kappa shape index (κ2) is 11.0. The summed E-state index contributed by atoms with van der Waals surface area (Å²) in [5.74, 6) is 0. The fourth-order valence-electron chi connectivity index (χ4n) is 7.33. The standard InChI is InChI=1S/C46H29NO2/c1-2-12-32(13-3-1)36-27-28-40(44-39-16-7-9-20-43(39)49-46(36)44)47(41-18-10-17-38-37-15-6-8-19-42(37)48-45(38)41)35-25-23-31(24-26-35)34-22-21-30-11-4-5-14-33(30)29-34/h1-29H. The summed E-state index contributed by atoms with van der Waals surface area (Å²) in [4.78, 5) is 2.33. The van der Waals surface area contributed by atoms with Crippen molar-refractivity contribution in [2.24, 2.45) is 0 Å². The molecular weight excluding hydrogens is 599 g/mol. The molecule has 3 heteroatoms. The molecule has 10 aromatic rings. The molecule has 0 saturated carbocycles. The lowest BCUT2D eigenvalue weighted by Gasteiger charge is -2.27. The number of para-hydroxylation sites is 3. The van der Waals surface area contributed by atoms with Crippen molar-refractivity contribution in [3.63, 3.8) is 0 Å². The van der Waals surface area contributed by atoms with Gasteiger partial charge < -0.3 is 13.7 Å². The Morgan fingerprint density at radius 3 is 1.86 bits per heavy atom. The highest BCUT2D eigenvalue weighted by molar-refractivity contribution is 6.18. The van der Waals surface area contributed by atoms with Crippen molar-refractivity contribution >= 4 is 71.7 Å². The molecule has 0 radical (unpaired) electrons. The Kier molecular flexibility index (Phi) is 6.18. The van der Waals surface area contributed by atoms with Crippen LogP contribution in [0.25, 0.3) is 76.9 Å². The summed E-state index contributed by atoms with van der Waals surface area (Å²) in [5, 5.41) is 6.78. The van der Waals surface area contributed by atoms with Crippen LogP contribution in [0.4, 0.5) is 17.1 Å². The smallest absolute Gasteiger partial charge is 0.159 e. The predicted octanol–water partition coefficient (Wildman–Crippen LogP) is 13.4. The number of rotatable bonds is 5. The second-order valence-corrected chi connectivity index (χ2v) is 12.5. The molecular formula is C46H29NO2. The van der Waals surface area contributed by atoms with E-state index in [0.717, 1.165) is 77.6 Å². The van der Waals surface area contributed by atoms with Crippen molar-refractivity contribution in [3.8, 4) is 22.3 Å². The molecule has 10 rings (SSSR count). The molecule has 0 aliphatic rings. The molecule has 8 aromatic carbocycles. The van der Waals surface area contributed by atoms with E-state index in [0.29, 0.717) is 0 Å². The maximum absolute atomic E-state index is 6.70. The van der Waals surface area contributed by atoms with Crippen LogP contribution in [-0.4, -0.2) is 0 Å². The summed E-state index contributed by atoms with van der Waals surface area (Å²) in [6, 6.07) is 61.9. The monoisotopic (exact) mass is 627 g/mol. The zero-order chi connectivity index (χ0) is 32.3. The zero-order valence-corrected chi connectivity index (χ0v) is 26.5. The third-order valence-corrected chi connectivity index (χ3v) is 9.66. The molecule has 0 aliphatic carbocycles. The van der Waals surface area contributed by atoms with Gasteiger partial charge in [0, 0.05) is 27.4 Å². The van der Waals surface area contributed by atoms with E-state index in [2.05, 4.69) is 157 Å². The lowest BCUT2D eigenvalue weighted by Crippen LogP contribution is -2.10. The van der Waals surface area contributed by atoms with Gasteiger partial charge in [-0.05, 0) is 76.0 Å². The van der Waals surface area contributed by atoms with E-state index < -0.39 is 0 Å². The molecule has 0 unspecified atom stereocenters. The molecule has 0 amide bonds. The number of nitrogens with zero attached hydrogens (tertiary/aromatic N) is 1. The third kappa shape index (κ3) is 4.44. The van der Waals surface area contributed by atoms with Gasteiger partial charge in [-0.25, -0.2) is 0 Å². The summed E-state index contributed by atoms with van der Waals surface area (Å²) in [5.41, 5.74) is 11.0. The molecule has 230 valence electrons. The molecule has 0 spiro atoms. The van der Waals surface area contributed by atoms with Crippen molar-refractivity contribution in [3.05, 3.63) is 176 Å². The SMILES string of the molecule is c1ccc(-c2ccc(N(c3ccc(-c4ccc5ccccc5c4)cc3)c3cccc4c3oc3ccccc34)c3c2oc2ccccc23)cc1. The highest BCUT2D eigenvalue weighted by Crippen LogP contribution is 2.48. The maximum Gasteiger partial charge on any atom is 0.159 e. The van der Waals surface area contributed by atoms with Gasteiger partial charge in [0.25, 0.3) is 0 Å². The van der Waals surface area contributed by atoms with E-state index in [1.165, 1.54) is 16.3 Å². The topological polar surface area (TPSA) is 29.5 Å². The molecule has 0 bridgehead atoms. The Balaban J connectivity index is 1.23. The van der Waals surface area contributed by atoms with Gasteiger partial charge in [0.1, 0.15) is 16.7 Å². The van der Waals surface area contributed by atoms with Gasteiger partial charge in [-0.3, -0.25) is 0 Å². The fraction of sp³-hybridized carbons (Fsp3) is 0. The third-order valence-electron chi connectivity index (χ3n) is 9.66. The van der Waals surface area contributed by atoms with Crippen LogP contribution in [0.5, 0.6) is 0 Å². The van der Waals surface area contributed by atoms with Gasteiger partial charge in [0.05, 0.1) is 16.8 Å². The van der Waals surface area contributed by atoms with Crippen LogP contribution < -0.4 is 4.90 Å². The van der Waals surface area contributed by atoms with Crippen molar-refractivity contribution in [2.45, 2.75) is 0 Å². The van der Waals surface area contributed by atoms with E-state index in [9.17, 15) is 0 Å². The minimum Gasteiger partial charge on any atom is -0.455 e. The lowest BCUT2D eigenvalue weighted by atomic mass is 9.99. The number of benzene rings is 8. The van der Waals surface area contributed by atoms with E-state index in [1.807, 2.05) is 24.3 Å². The Bertz CT molecular complexity index is 2830. The quantitative estimate of drug-likeness (QED) is 0.190. The fourth-order valence-corrected chi connectivity index (χ4v) is 7.33. The van der Waals surface area contributed by atoms with Crippen molar-refractivity contribution in [1.82, 2.24) is 0 Å². The first-order chi connectivity index (χ1) is 24.3. The summed E-state index contributed by atoms with van der Waals surface area (Å²) < 4.78 is 13.3. The first kappa shape index (κ1) is 27.5. The molecule has 0 saturated heterocycles. The molecule has 2 aromatic heterocycles. The molecule has 0 atom stereocenters. The number of hydrogen-bond acceptors (Lipinski definition) is 3. The molecule has 49 heavy (non-hydrogen) atoms. The average Bonchev–Trinajstić information content (AvgIpc) is 3.75. The molecule has 0 aliphatic heterocycles. The van der Waals surface area contributed by atoms with Crippen molar-refractivity contribution in [2.75, 3.05) is 4.90 Å². The van der Waals surface area contributed by atoms with E-state index >= 15 is 0 Å². The van der Waals surface area contributed by atoms with Crippen LogP contribution in [-0.2, 0) is 0 Å². The first-order valence-corrected chi connectivity index (χ1v) is 16.6. The minimum absolute atomic E-state index is 0.843. The highest BCUT2D eigenvalue weighted by Gasteiger charge is 2.24. The van der Waals surface area contributed by atoms with Crippen LogP contribution in [0.1, 0.15) is 0 Å². The summed E-state index contributed by atoms with van der Waals surface area (Å²) >= 11 is 0.